The number of hydrogen-bond donors (Lipinski definition) is 1. The molecule has 0 aliphatic heterocycles. The molecule has 2 unspecified atom stereocenters. The maximum Gasteiger partial charge on any atom is 0.0759 e. The van der Waals surface area contributed by atoms with E-state index in [0.29, 0.717) is 18.1 Å². The average molecular weight is 375 g/mol. The van der Waals surface area contributed by atoms with Crippen LogP contribution in [0.2, 0.25) is 5.02 Å². The molecule has 1 fully saturated rings. The highest BCUT2D eigenvalue weighted by atomic mass is 79.9. The molecule has 118 valence electrons. The van der Waals surface area contributed by atoms with E-state index < -0.39 is 0 Å². The smallest absolute Gasteiger partial charge is 0.0759 e. The van der Waals surface area contributed by atoms with Gasteiger partial charge in [0.25, 0.3) is 0 Å². The van der Waals surface area contributed by atoms with Crippen LogP contribution in [0.15, 0.2) is 22.7 Å². The molecule has 0 bridgehead atoms. The molecule has 2 rings (SSSR count). The molecule has 0 heterocycles. The van der Waals surface area contributed by atoms with Crippen LogP contribution in [0.4, 0.5) is 0 Å². The minimum atomic E-state index is 0.307. The van der Waals surface area contributed by atoms with Crippen LogP contribution in [0.25, 0.3) is 0 Å². The molecule has 0 radical (unpaired) electrons. The summed E-state index contributed by atoms with van der Waals surface area (Å²) in [5, 5.41) is 4.50. The summed E-state index contributed by atoms with van der Waals surface area (Å²) in [7, 11) is 0. The second-order valence-electron chi connectivity index (χ2n) is 5.76. The summed E-state index contributed by atoms with van der Waals surface area (Å²) >= 11 is 9.85. The zero-order valence-electron chi connectivity index (χ0n) is 12.9. The third-order valence-corrected chi connectivity index (χ3v) is 4.80. The first-order valence-corrected chi connectivity index (χ1v) is 9.11. The van der Waals surface area contributed by atoms with Crippen LogP contribution >= 0.6 is 27.5 Å². The minimum absolute atomic E-state index is 0.307. The number of rotatable bonds is 9. The lowest BCUT2D eigenvalue weighted by Gasteiger charge is -2.28. The van der Waals surface area contributed by atoms with Crippen molar-refractivity contribution < 1.29 is 4.74 Å². The van der Waals surface area contributed by atoms with Gasteiger partial charge in [-0.05, 0) is 62.8 Å². The van der Waals surface area contributed by atoms with Gasteiger partial charge in [-0.2, -0.15) is 0 Å². The van der Waals surface area contributed by atoms with E-state index in [4.69, 9.17) is 16.3 Å². The quantitative estimate of drug-likeness (QED) is 0.668. The minimum Gasteiger partial charge on any atom is -0.377 e. The van der Waals surface area contributed by atoms with Gasteiger partial charge in [0.2, 0.25) is 0 Å². The Kier molecular flexibility index (Phi) is 7.00. The number of nitrogens with one attached hydrogen (secondary N) is 1. The molecular formula is C17H25BrClNO. The van der Waals surface area contributed by atoms with Crippen LogP contribution in [0.1, 0.15) is 38.7 Å². The van der Waals surface area contributed by atoms with E-state index in [2.05, 4.69) is 47.2 Å². The highest BCUT2D eigenvalue weighted by Crippen LogP contribution is 2.37. The Hall–Kier alpha value is -0.0900. The molecule has 1 N–H and O–H groups in total. The number of halogens is 2. The molecule has 2 atom stereocenters. The van der Waals surface area contributed by atoms with Crippen molar-refractivity contribution in [2.45, 2.75) is 51.7 Å². The predicted molar refractivity (Wildman–Crippen MR) is 93.1 cm³/mol. The van der Waals surface area contributed by atoms with Crippen molar-refractivity contribution in [3.05, 3.63) is 33.3 Å². The van der Waals surface area contributed by atoms with E-state index in [1.807, 2.05) is 6.07 Å². The normalized spacial score (nSPS) is 17.7. The second-order valence-corrected chi connectivity index (χ2v) is 7.08. The third-order valence-electron chi connectivity index (χ3n) is 3.95. The zero-order chi connectivity index (χ0) is 15.2. The summed E-state index contributed by atoms with van der Waals surface area (Å²) in [6.45, 7) is 6.08. The van der Waals surface area contributed by atoms with E-state index in [9.17, 15) is 0 Å². The SMILES string of the molecule is CCCNC(Cc1ccc(Br)cc1Cl)C(OCC)C1CC1. The van der Waals surface area contributed by atoms with Gasteiger partial charge in [0, 0.05) is 22.1 Å². The number of ether oxygens (including phenoxy) is 1. The highest BCUT2D eigenvalue weighted by Gasteiger charge is 2.37. The van der Waals surface area contributed by atoms with Gasteiger partial charge in [0.15, 0.2) is 0 Å². The molecule has 1 aliphatic carbocycles. The molecule has 1 saturated carbocycles. The average Bonchev–Trinajstić information content (AvgIpc) is 3.28. The molecule has 4 heteroatoms. The molecule has 1 aromatic rings. The van der Waals surface area contributed by atoms with E-state index in [1.165, 1.54) is 18.4 Å². The first-order chi connectivity index (χ1) is 10.2. The zero-order valence-corrected chi connectivity index (χ0v) is 15.2. The van der Waals surface area contributed by atoms with Crippen molar-refractivity contribution in [1.29, 1.82) is 0 Å². The largest absolute Gasteiger partial charge is 0.377 e. The highest BCUT2D eigenvalue weighted by molar-refractivity contribution is 9.10. The fraction of sp³-hybridized carbons (Fsp3) is 0.647. The molecule has 2 nitrogen and oxygen atoms in total. The van der Waals surface area contributed by atoms with E-state index in [0.717, 1.165) is 35.5 Å². The van der Waals surface area contributed by atoms with Crippen molar-refractivity contribution in [2.75, 3.05) is 13.2 Å². The molecule has 0 aromatic heterocycles. The van der Waals surface area contributed by atoms with Gasteiger partial charge in [-0.3, -0.25) is 0 Å². The maximum absolute atomic E-state index is 6.39. The van der Waals surface area contributed by atoms with Crippen LogP contribution in [0.5, 0.6) is 0 Å². The van der Waals surface area contributed by atoms with Crippen molar-refractivity contribution in [3.8, 4) is 0 Å². The standard InChI is InChI=1S/C17H25BrClNO/c1-3-9-20-16(17(21-4-2)12-5-6-12)10-13-7-8-14(18)11-15(13)19/h7-8,11-12,16-17,20H,3-6,9-10H2,1-2H3. The van der Waals surface area contributed by atoms with Gasteiger partial charge in [-0.15, -0.1) is 0 Å². The molecule has 0 saturated heterocycles. The summed E-state index contributed by atoms with van der Waals surface area (Å²) < 4.78 is 7.07. The van der Waals surface area contributed by atoms with Crippen molar-refractivity contribution in [1.82, 2.24) is 5.32 Å². The van der Waals surface area contributed by atoms with E-state index in [-0.39, 0.29) is 0 Å². The Balaban J connectivity index is 2.10. The monoisotopic (exact) mass is 373 g/mol. The van der Waals surface area contributed by atoms with Crippen molar-refractivity contribution in [3.63, 3.8) is 0 Å². The van der Waals surface area contributed by atoms with Crippen LogP contribution in [-0.2, 0) is 11.2 Å². The van der Waals surface area contributed by atoms with Crippen LogP contribution < -0.4 is 5.32 Å². The molecule has 0 amide bonds. The van der Waals surface area contributed by atoms with Gasteiger partial charge < -0.3 is 10.1 Å². The van der Waals surface area contributed by atoms with Gasteiger partial charge in [0.05, 0.1) is 6.10 Å². The molecule has 21 heavy (non-hydrogen) atoms. The topological polar surface area (TPSA) is 21.3 Å². The maximum atomic E-state index is 6.39. The summed E-state index contributed by atoms with van der Waals surface area (Å²) in [4.78, 5) is 0. The van der Waals surface area contributed by atoms with Crippen LogP contribution in [-0.4, -0.2) is 25.3 Å². The number of benzene rings is 1. The van der Waals surface area contributed by atoms with Crippen LogP contribution in [0.3, 0.4) is 0 Å². The first-order valence-electron chi connectivity index (χ1n) is 7.94. The van der Waals surface area contributed by atoms with E-state index >= 15 is 0 Å². The molecule has 0 spiro atoms. The third kappa shape index (κ3) is 5.24. The number of hydrogen-bond acceptors (Lipinski definition) is 2. The second kappa shape index (κ2) is 8.52. The summed E-state index contributed by atoms with van der Waals surface area (Å²) in [6.07, 6.45) is 4.95. The summed E-state index contributed by atoms with van der Waals surface area (Å²) in [5.41, 5.74) is 1.19. The lowest BCUT2D eigenvalue weighted by atomic mass is 9.98. The Labute approximate surface area is 141 Å². The van der Waals surface area contributed by atoms with Crippen molar-refractivity contribution in [2.24, 2.45) is 5.92 Å². The molecule has 1 aromatic carbocycles. The van der Waals surface area contributed by atoms with Gasteiger partial charge >= 0.3 is 0 Å². The Morgan fingerprint density at radius 2 is 2.14 bits per heavy atom. The van der Waals surface area contributed by atoms with Gasteiger partial charge in [-0.1, -0.05) is 40.5 Å². The summed E-state index contributed by atoms with van der Waals surface area (Å²) in [6, 6.07) is 6.49. The Bertz CT molecular complexity index is 450. The lowest BCUT2D eigenvalue weighted by Crippen LogP contribution is -2.44. The van der Waals surface area contributed by atoms with Crippen molar-refractivity contribution >= 4 is 27.5 Å². The van der Waals surface area contributed by atoms with Gasteiger partial charge in [0.1, 0.15) is 0 Å². The van der Waals surface area contributed by atoms with Gasteiger partial charge in [-0.25, -0.2) is 0 Å². The molecule has 1 aliphatic rings. The Morgan fingerprint density at radius 3 is 2.71 bits per heavy atom. The Morgan fingerprint density at radius 1 is 1.38 bits per heavy atom. The first kappa shape index (κ1) is 17.3. The lowest BCUT2D eigenvalue weighted by molar-refractivity contribution is 0.0192. The van der Waals surface area contributed by atoms with Crippen LogP contribution in [0, 0.1) is 5.92 Å². The van der Waals surface area contributed by atoms with E-state index in [1.54, 1.807) is 0 Å². The fourth-order valence-electron chi connectivity index (χ4n) is 2.76. The fourth-order valence-corrected chi connectivity index (χ4v) is 3.51. The predicted octanol–water partition coefficient (Wildman–Crippen LogP) is 4.83. The summed E-state index contributed by atoms with van der Waals surface area (Å²) in [5.74, 6) is 0.716. The molecular weight excluding hydrogens is 350 g/mol.